The van der Waals surface area contributed by atoms with E-state index in [2.05, 4.69) is 15.6 Å². The molecule has 0 spiro atoms. The molecule has 0 saturated carbocycles. The summed E-state index contributed by atoms with van der Waals surface area (Å²) in [6.07, 6.45) is 0.652. The summed E-state index contributed by atoms with van der Waals surface area (Å²) < 4.78 is 27.3. The van der Waals surface area contributed by atoms with Crippen LogP contribution in [0.25, 0.3) is 0 Å². The molecule has 0 bridgehead atoms. The average molecular weight is 381 g/mol. The van der Waals surface area contributed by atoms with Gasteiger partial charge in [-0.05, 0) is 36.2 Å². The number of hydrogen-bond donors (Lipinski definition) is 2. The molecule has 0 atom stereocenters. The van der Waals surface area contributed by atoms with Gasteiger partial charge in [0.15, 0.2) is 0 Å². The van der Waals surface area contributed by atoms with Crippen LogP contribution < -0.4 is 10.6 Å². The Kier molecular flexibility index (Phi) is 6.06. The van der Waals surface area contributed by atoms with Gasteiger partial charge in [0.25, 0.3) is 11.8 Å². The van der Waals surface area contributed by atoms with Gasteiger partial charge in [-0.1, -0.05) is 42.5 Å². The molecule has 5 nitrogen and oxygen atoms in total. The van der Waals surface area contributed by atoms with Crippen LogP contribution in [-0.4, -0.2) is 23.3 Å². The van der Waals surface area contributed by atoms with E-state index in [9.17, 15) is 18.4 Å². The number of carbonyl (C=O) groups excluding carboxylic acids is 2. The highest BCUT2D eigenvalue weighted by Gasteiger charge is 2.16. The molecule has 2 N–H and O–H groups in total. The summed E-state index contributed by atoms with van der Waals surface area (Å²) in [5, 5.41) is 4.87. The Balaban J connectivity index is 1.64. The molecule has 1 aromatic heterocycles. The van der Waals surface area contributed by atoms with Gasteiger partial charge in [-0.25, -0.2) is 13.8 Å². The van der Waals surface area contributed by atoms with Crippen molar-refractivity contribution in [2.75, 3.05) is 11.9 Å². The van der Waals surface area contributed by atoms with Crippen molar-refractivity contribution in [2.24, 2.45) is 0 Å². The number of pyridine rings is 1. The van der Waals surface area contributed by atoms with E-state index in [0.29, 0.717) is 13.0 Å². The third kappa shape index (κ3) is 4.76. The molecule has 0 radical (unpaired) electrons. The number of nitrogens with zero attached hydrogens (tertiary/aromatic N) is 1. The zero-order valence-electron chi connectivity index (χ0n) is 14.8. The molecule has 3 rings (SSSR count). The number of benzene rings is 2. The van der Waals surface area contributed by atoms with E-state index in [-0.39, 0.29) is 11.4 Å². The first kappa shape index (κ1) is 19.2. The number of anilines is 1. The highest BCUT2D eigenvalue weighted by Crippen LogP contribution is 2.18. The third-order valence-corrected chi connectivity index (χ3v) is 3.96. The van der Waals surface area contributed by atoms with Crippen molar-refractivity contribution in [3.8, 4) is 0 Å². The van der Waals surface area contributed by atoms with Crippen molar-refractivity contribution < 1.29 is 18.4 Å². The first-order valence-electron chi connectivity index (χ1n) is 8.59. The number of nitrogens with one attached hydrogen (secondary N) is 2. The SMILES string of the molecule is O=C(NCCc1ccccc1)c1cccc(C(=O)Nc2c(F)cccc2F)n1. The maximum Gasteiger partial charge on any atom is 0.274 e. The van der Waals surface area contributed by atoms with Crippen LogP contribution in [0.4, 0.5) is 14.5 Å². The van der Waals surface area contributed by atoms with Crippen LogP contribution in [0.3, 0.4) is 0 Å². The molecule has 7 heteroatoms. The van der Waals surface area contributed by atoms with Gasteiger partial charge in [0, 0.05) is 6.54 Å². The minimum Gasteiger partial charge on any atom is -0.350 e. The summed E-state index contributed by atoms with van der Waals surface area (Å²) in [5.74, 6) is -3.06. The number of carbonyl (C=O) groups is 2. The number of halogens is 2. The predicted octanol–water partition coefficient (Wildman–Crippen LogP) is 3.58. The third-order valence-electron chi connectivity index (χ3n) is 3.96. The summed E-state index contributed by atoms with van der Waals surface area (Å²) in [6.45, 7) is 0.404. The second kappa shape index (κ2) is 8.85. The van der Waals surface area contributed by atoms with Crippen LogP contribution in [0.15, 0.2) is 66.7 Å². The fourth-order valence-corrected chi connectivity index (χ4v) is 2.54. The Hall–Kier alpha value is -3.61. The van der Waals surface area contributed by atoms with Gasteiger partial charge in [-0.15, -0.1) is 0 Å². The number of aromatic nitrogens is 1. The van der Waals surface area contributed by atoms with Gasteiger partial charge >= 0.3 is 0 Å². The topological polar surface area (TPSA) is 71.1 Å². The van der Waals surface area contributed by atoms with Gasteiger partial charge in [0.2, 0.25) is 0 Å². The lowest BCUT2D eigenvalue weighted by Gasteiger charge is -2.08. The van der Waals surface area contributed by atoms with Crippen LogP contribution >= 0.6 is 0 Å². The molecule has 0 aliphatic carbocycles. The van der Waals surface area contributed by atoms with Crippen LogP contribution in [-0.2, 0) is 6.42 Å². The summed E-state index contributed by atoms with van der Waals surface area (Å²) in [6, 6.07) is 17.2. The van der Waals surface area contributed by atoms with Crippen LogP contribution in [0.5, 0.6) is 0 Å². The number of rotatable bonds is 6. The van der Waals surface area contributed by atoms with Gasteiger partial charge < -0.3 is 10.6 Å². The highest BCUT2D eigenvalue weighted by molar-refractivity contribution is 6.04. The molecule has 28 heavy (non-hydrogen) atoms. The van der Waals surface area contributed by atoms with Crippen molar-refractivity contribution in [2.45, 2.75) is 6.42 Å². The van der Waals surface area contributed by atoms with E-state index in [4.69, 9.17) is 0 Å². The van der Waals surface area contributed by atoms with Crippen molar-refractivity contribution in [3.05, 3.63) is 95.3 Å². The summed E-state index contributed by atoms with van der Waals surface area (Å²) in [5.41, 5.74) is 0.427. The average Bonchev–Trinajstić information content (AvgIpc) is 2.71. The molecule has 0 fully saturated rings. The van der Waals surface area contributed by atoms with Crippen molar-refractivity contribution >= 4 is 17.5 Å². The van der Waals surface area contributed by atoms with E-state index in [0.717, 1.165) is 17.7 Å². The molecule has 2 aromatic carbocycles. The number of hydrogen-bond acceptors (Lipinski definition) is 3. The predicted molar refractivity (Wildman–Crippen MR) is 101 cm³/mol. The zero-order valence-corrected chi connectivity index (χ0v) is 14.8. The van der Waals surface area contributed by atoms with Gasteiger partial charge in [-0.3, -0.25) is 9.59 Å². The summed E-state index contributed by atoms with van der Waals surface area (Å²) in [7, 11) is 0. The molecule has 0 unspecified atom stereocenters. The fraction of sp³-hybridized carbons (Fsp3) is 0.0952. The normalized spacial score (nSPS) is 10.4. The summed E-state index contributed by atoms with van der Waals surface area (Å²) >= 11 is 0. The molecule has 0 aliphatic heterocycles. The highest BCUT2D eigenvalue weighted by atomic mass is 19.1. The van der Waals surface area contributed by atoms with Gasteiger partial charge in [-0.2, -0.15) is 0 Å². The first-order chi connectivity index (χ1) is 13.5. The molecule has 0 aliphatic rings. The zero-order chi connectivity index (χ0) is 19.9. The van der Waals surface area contributed by atoms with E-state index >= 15 is 0 Å². The van der Waals surface area contributed by atoms with Gasteiger partial charge in [0.05, 0.1) is 0 Å². The summed E-state index contributed by atoms with van der Waals surface area (Å²) in [4.78, 5) is 28.5. The number of para-hydroxylation sites is 1. The van der Waals surface area contributed by atoms with Gasteiger partial charge in [0.1, 0.15) is 28.7 Å². The lowest BCUT2D eigenvalue weighted by atomic mass is 10.1. The second-order valence-corrected chi connectivity index (χ2v) is 5.95. The van der Waals surface area contributed by atoms with E-state index in [1.54, 1.807) is 0 Å². The standard InChI is InChI=1S/C21H17F2N3O2/c22-15-8-4-9-16(23)19(15)26-21(28)18-11-5-10-17(25-18)20(27)24-13-12-14-6-2-1-3-7-14/h1-11H,12-13H2,(H,24,27)(H,26,28). The molecular formula is C21H17F2N3O2. The van der Waals surface area contributed by atoms with Crippen molar-refractivity contribution in [1.29, 1.82) is 0 Å². The minimum atomic E-state index is -0.900. The maximum absolute atomic E-state index is 13.7. The molecule has 0 saturated heterocycles. The Labute approximate surface area is 160 Å². The number of amides is 2. The largest absolute Gasteiger partial charge is 0.350 e. The quantitative estimate of drug-likeness (QED) is 0.686. The molecule has 2 amide bonds. The molecule has 3 aromatic rings. The van der Waals surface area contributed by atoms with Crippen LogP contribution in [0.1, 0.15) is 26.5 Å². The maximum atomic E-state index is 13.7. The van der Waals surface area contributed by atoms with E-state index in [1.165, 1.54) is 24.3 Å². The van der Waals surface area contributed by atoms with E-state index in [1.807, 2.05) is 30.3 Å². The lowest BCUT2D eigenvalue weighted by Crippen LogP contribution is -2.27. The van der Waals surface area contributed by atoms with Crippen molar-refractivity contribution in [1.82, 2.24) is 10.3 Å². The molecule has 142 valence electrons. The Morgan fingerprint density at radius 2 is 1.39 bits per heavy atom. The monoisotopic (exact) mass is 381 g/mol. The Morgan fingerprint density at radius 3 is 2.07 bits per heavy atom. The minimum absolute atomic E-state index is 0.0368. The molecule has 1 heterocycles. The van der Waals surface area contributed by atoms with Crippen molar-refractivity contribution in [3.63, 3.8) is 0 Å². The Morgan fingerprint density at radius 1 is 0.786 bits per heavy atom. The van der Waals surface area contributed by atoms with Crippen LogP contribution in [0.2, 0.25) is 0 Å². The lowest BCUT2D eigenvalue weighted by molar-refractivity contribution is 0.0949. The molecular weight excluding hydrogens is 364 g/mol. The first-order valence-corrected chi connectivity index (χ1v) is 8.59. The fourth-order valence-electron chi connectivity index (χ4n) is 2.54. The van der Waals surface area contributed by atoms with Crippen LogP contribution in [0, 0.1) is 11.6 Å². The van der Waals surface area contributed by atoms with E-state index < -0.39 is 29.1 Å². The second-order valence-electron chi connectivity index (χ2n) is 5.95. The Bertz CT molecular complexity index is 974. The smallest absolute Gasteiger partial charge is 0.274 e.